The summed E-state index contributed by atoms with van der Waals surface area (Å²) in [6.45, 7) is 12.4. The molecule has 2 aromatic heterocycles. The summed E-state index contributed by atoms with van der Waals surface area (Å²) >= 11 is 0. The van der Waals surface area contributed by atoms with Gasteiger partial charge in [0.05, 0.1) is 24.3 Å². The van der Waals surface area contributed by atoms with Crippen LogP contribution in [0.15, 0.2) is 30.7 Å². The average Bonchev–Trinajstić information content (AvgIpc) is 3.25. The third-order valence-electron chi connectivity index (χ3n) is 4.87. The molecule has 3 aromatic rings. The Bertz CT molecular complexity index is 997. The van der Waals surface area contributed by atoms with Crippen LogP contribution in [-0.4, -0.2) is 43.1 Å². The Morgan fingerprint density at radius 3 is 2.79 bits per heavy atom. The topological polar surface area (TPSA) is 67.0 Å². The van der Waals surface area contributed by atoms with E-state index in [0.717, 1.165) is 41.6 Å². The van der Waals surface area contributed by atoms with E-state index in [-0.39, 0.29) is 11.6 Å². The minimum atomic E-state index is -0.133. The fraction of sp³-hybridized carbons (Fsp3) is 0.500. The fourth-order valence-corrected chi connectivity index (χ4v) is 3.48. The summed E-state index contributed by atoms with van der Waals surface area (Å²) in [4.78, 5) is 9.37. The number of fused-ring (bicyclic) bond motifs is 3. The molecular formula is C22H29N5O2. The summed E-state index contributed by atoms with van der Waals surface area (Å²) < 4.78 is 15.9. The Morgan fingerprint density at radius 2 is 2.03 bits per heavy atom. The van der Waals surface area contributed by atoms with E-state index in [1.54, 1.807) is 6.33 Å². The molecule has 0 bridgehead atoms. The lowest BCUT2D eigenvalue weighted by molar-refractivity contribution is -0.000978. The second-order valence-corrected chi connectivity index (χ2v) is 8.65. The summed E-state index contributed by atoms with van der Waals surface area (Å²) in [5.74, 6) is 2.56. The molecule has 1 aliphatic rings. The molecule has 154 valence electrons. The Morgan fingerprint density at radius 1 is 1.21 bits per heavy atom. The molecule has 0 saturated carbocycles. The van der Waals surface area contributed by atoms with Gasteiger partial charge in [-0.15, -0.1) is 0 Å². The number of ether oxygens (including phenoxy) is 2. The van der Waals surface area contributed by atoms with Crippen LogP contribution in [-0.2, 0) is 17.7 Å². The second-order valence-electron chi connectivity index (χ2n) is 8.65. The highest BCUT2D eigenvalue weighted by molar-refractivity contribution is 5.69. The highest BCUT2D eigenvalue weighted by atomic mass is 16.5. The van der Waals surface area contributed by atoms with E-state index in [4.69, 9.17) is 14.5 Å². The standard InChI is InChI=1S/C22H29N5O2/c1-15(2)27-21(23-14-24-27)18-13-26-9-11-28-19-7-6-16(8-10-29-22(3,4)5)12-17(19)20(26)25-18/h6-7,12-15H,8-11H2,1-5H3. The molecule has 0 atom stereocenters. The molecular weight excluding hydrogens is 366 g/mol. The van der Waals surface area contributed by atoms with E-state index in [1.165, 1.54) is 5.56 Å². The normalized spacial score (nSPS) is 13.7. The maximum atomic E-state index is 5.97. The minimum Gasteiger partial charge on any atom is -0.491 e. The van der Waals surface area contributed by atoms with Crippen LogP contribution >= 0.6 is 0 Å². The van der Waals surface area contributed by atoms with Gasteiger partial charge in [-0.3, -0.25) is 0 Å². The lowest BCUT2D eigenvalue weighted by atomic mass is 10.1. The number of imidazole rings is 1. The zero-order valence-electron chi connectivity index (χ0n) is 17.8. The molecule has 7 nitrogen and oxygen atoms in total. The van der Waals surface area contributed by atoms with Gasteiger partial charge in [0, 0.05) is 12.2 Å². The van der Waals surface area contributed by atoms with Crippen molar-refractivity contribution in [1.82, 2.24) is 24.3 Å². The predicted octanol–water partition coefficient (Wildman–Crippen LogP) is 4.14. The van der Waals surface area contributed by atoms with E-state index in [9.17, 15) is 0 Å². The van der Waals surface area contributed by atoms with Gasteiger partial charge in [0.1, 0.15) is 30.2 Å². The van der Waals surface area contributed by atoms with Crippen LogP contribution in [0.2, 0.25) is 0 Å². The van der Waals surface area contributed by atoms with Crippen LogP contribution in [0.3, 0.4) is 0 Å². The third-order valence-corrected chi connectivity index (χ3v) is 4.87. The summed E-state index contributed by atoms with van der Waals surface area (Å²) in [7, 11) is 0. The van der Waals surface area contributed by atoms with Crippen molar-refractivity contribution in [2.45, 2.75) is 59.2 Å². The fourth-order valence-electron chi connectivity index (χ4n) is 3.48. The van der Waals surface area contributed by atoms with Gasteiger partial charge < -0.3 is 14.0 Å². The zero-order chi connectivity index (χ0) is 20.6. The average molecular weight is 396 g/mol. The monoisotopic (exact) mass is 395 g/mol. The van der Waals surface area contributed by atoms with Gasteiger partial charge >= 0.3 is 0 Å². The van der Waals surface area contributed by atoms with Gasteiger partial charge in [0.25, 0.3) is 0 Å². The molecule has 0 spiro atoms. The molecule has 1 aliphatic heterocycles. The summed E-state index contributed by atoms with van der Waals surface area (Å²) in [5, 5.41) is 4.35. The van der Waals surface area contributed by atoms with Crippen molar-refractivity contribution in [3.63, 3.8) is 0 Å². The van der Waals surface area contributed by atoms with Gasteiger partial charge in [0.2, 0.25) is 0 Å². The number of benzene rings is 1. The Balaban J connectivity index is 1.67. The van der Waals surface area contributed by atoms with Gasteiger partial charge in [-0.25, -0.2) is 14.6 Å². The molecule has 0 radical (unpaired) electrons. The lowest BCUT2D eigenvalue weighted by Gasteiger charge is -2.19. The van der Waals surface area contributed by atoms with Crippen LogP contribution in [0, 0.1) is 0 Å². The van der Waals surface area contributed by atoms with Crippen LogP contribution in [0.4, 0.5) is 0 Å². The van der Waals surface area contributed by atoms with Crippen molar-refractivity contribution in [3.05, 3.63) is 36.3 Å². The molecule has 0 fully saturated rings. The van der Waals surface area contributed by atoms with Crippen LogP contribution < -0.4 is 4.74 Å². The first-order chi connectivity index (χ1) is 13.8. The van der Waals surface area contributed by atoms with Crippen molar-refractivity contribution in [3.8, 4) is 28.7 Å². The second kappa shape index (κ2) is 7.63. The van der Waals surface area contributed by atoms with E-state index >= 15 is 0 Å². The molecule has 1 aromatic carbocycles. The summed E-state index contributed by atoms with van der Waals surface area (Å²) in [6.07, 6.45) is 4.48. The first-order valence-electron chi connectivity index (χ1n) is 10.2. The van der Waals surface area contributed by atoms with Crippen LogP contribution in [0.1, 0.15) is 46.2 Å². The van der Waals surface area contributed by atoms with E-state index in [2.05, 4.69) is 61.4 Å². The minimum absolute atomic E-state index is 0.133. The Hall–Kier alpha value is -2.67. The first kappa shape index (κ1) is 19.6. The molecule has 7 heteroatoms. The smallest absolute Gasteiger partial charge is 0.178 e. The van der Waals surface area contributed by atoms with E-state index in [0.29, 0.717) is 13.2 Å². The zero-order valence-corrected chi connectivity index (χ0v) is 17.8. The number of hydrogen-bond acceptors (Lipinski definition) is 5. The molecule has 3 heterocycles. The molecule has 0 amide bonds. The molecule has 0 saturated heterocycles. The molecule has 0 aliphatic carbocycles. The van der Waals surface area contributed by atoms with Crippen molar-refractivity contribution < 1.29 is 9.47 Å². The van der Waals surface area contributed by atoms with Gasteiger partial charge in [-0.05, 0) is 58.7 Å². The van der Waals surface area contributed by atoms with Gasteiger partial charge in [-0.1, -0.05) is 6.07 Å². The summed E-state index contributed by atoms with van der Waals surface area (Å²) in [6, 6.07) is 6.55. The first-order valence-corrected chi connectivity index (χ1v) is 10.2. The highest BCUT2D eigenvalue weighted by Crippen LogP contribution is 2.34. The van der Waals surface area contributed by atoms with Gasteiger partial charge in [0.15, 0.2) is 5.82 Å². The maximum Gasteiger partial charge on any atom is 0.178 e. The van der Waals surface area contributed by atoms with E-state index in [1.807, 2.05) is 16.9 Å². The number of aromatic nitrogens is 5. The van der Waals surface area contributed by atoms with Crippen molar-refractivity contribution in [2.24, 2.45) is 0 Å². The SMILES string of the molecule is CC(C)n1ncnc1-c1cn2c(n1)-c1cc(CCOC(C)(C)C)ccc1OCC2. The Kier molecular flexibility index (Phi) is 5.17. The molecule has 29 heavy (non-hydrogen) atoms. The highest BCUT2D eigenvalue weighted by Gasteiger charge is 2.22. The number of hydrogen-bond donors (Lipinski definition) is 0. The Labute approximate surface area is 171 Å². The largest absolute Gasteiger partial charge is 0.491 e. The lowest BCUT2D eigenvalue weighted by Crippen LogP contribution is -2.20. The van der Waals surface area contributed by atoms with Crippen molar-refractivity contribution in [1.29, 1.82) is 0 Å². The number of nitrogens with zero attached hydrogens (tertiary/aromatic N) is 5. The summed E-state index contributed by atoms with van der Waals surface area (Å²) in [5.41, 5.74) is 2.92. The maximum absolute atomic E-state index is 5.97. The quantitative estimate of drug-likeness (QED) is 0.649. The third kappa shape index (κ3) is 4.19. The molecule has 4 rings (SSSR count). The number of rotatable bonds is 5. The predicted molar refractivity (Wildman–Crippen MR) is 112 cm³/mol. The van der Waals surface area contributed by atoms with Crippen molar-refractivity contribution in [2.75, 3.05) is 13.2 Å². The molecule has 0 unspecified atom stereocenters. The molecule has 0 N–H and O–H groups in total. The van der Waals surface area contributed by atoms with Crippen LogP contribution in [0.5, 0.6) is 5.75 Å². The van der Waals surface area contributed by atoms with Gasteiger partial charge in [-0.2, -0.15) is 5.10 Å². The van der Waals surface area contributed by atoms with Crippen LogP contribution in [0.25, 0.3) is 22.9 Å². The van der Waals surface area contributed by atoms with Crippen molar-refractivity contribution >= 4 is 0 Å². The van der Waals surface area contributed by atoms with E-state index < -0.39 is 0 Å².